The molecule has 0 spiro atoms. The van der Waals surface area contributed by atoms with Crippen LogP contribution in [0.5, 0.6) is 0 Å². The summed E-state index contributed by atoms with van der Waals surface area (Å²) >= 11 is 1.11. The average molecular weight is 170 g/mol. The van der Waals surface area contributed by atoms with Gasteiger partial charge in [0, 0.05) is 0 Å². The van der Waals surface area contributed by atoms with Crippen LogP contribution in [0.25, 0.3) is 0 Å². The number of thiophene rings is 1. The number of carbonyl (C=O) groups excluding carboxylic acids is 2. The van der Waals surface area contributed by atoms with E-state index >= 15 is 0 Å². The molecule has 1 rings (SSSR count). The highest BCUT2D eigenvalue weighted by Crippen LogP contribution is 2.13. The summed E-state index contributed by atoms with van der Waals surface area (Å²) in [5.41, 5.74) is 1.97. The van der Waals surface area contributed by atoms with E-state index < -0.39 is 0 Å². The molecule has 4 nitrogen and oxygen atoms in total. The number of nitrogens with two attached hydrogens (primary N) is 1. The van der Waals surface area contributed by atoms with E-state index in [-0.39, 0.29) is 5.91 Å². The van der Waals surface area contributed by atoms with Crippen LogP contribution in [0.3, 0.4) is 0 Å². The summed E-state index contributed by atoms with van der Waals surface area (Å²) in [6.45, 7) is 0. The van der Waals surface area contributed by atoms with Crippen molar-refractivity contribution >= 4 is 23.5 Å². The van der Waals surface area contributed by atoms with Crippen LogP contribution in [0.4, 0.5) is 0 Å². The molecule has 0 aromatic carbocycles. The van der Waals surface area contributed by atoms with Gasteiger partial charge >= 0.3 is 0 Å². The minimum atomic E-state index is -0.372. The van der Waals surface area contributed by atoms with E-state index in [9.17, 15) is 9.59 Å². The molecule has 1 heterocycles. The van der Waals surface area contributed by atoms with E-state index in [1.165, 1.54) is 0 Å². The Labute approximate surface area is 67.0 Å². The third-order valence-electron chi connectivity index (χ3n) is 1.10. The molecule has 5 heteroatoms. The molecule has 0 aliphatic heterocycles. The number of hydrogen-bond acceptors (Lipinski definition) is 4. The molecule has 0 fully saturated rings. The Morgan fingerprint density at radius 2 is 2.36 bits per heavy atom. The fourth-order valence-corrected chi connectivity index (χ4v) is 1.34. The maximum atomic E-state index is 10.8. The second-order valence-corrected chi connectivity index (χ2v) is 2.91. The summed E-state index contributed by atoms with van der Waals surface area (Å²) in [5, 5.41) is 0. The number of carbonyl (C=O) groups is 2. The van der Waals surface area contributed by atoms with Crippen LogP contribution >= 0.6 is 11.3 Å². The number of aldehydes is 1. The fourth-order valence-electron chi connectivity index (χ4n) is 0.609. The van der Waals surface area contributed by atoms with Crippen LogP contribution in [-0.2, 0) is 0 Å². The molecule has 1 amide bonds. The fraction of sp³-hybridized carbons (Fsp3) is 0. The van der Waals surface area contributed by atoms with E-state index in [1.807, 2.05) is 5.43 Å². The topological polar surface area (TPSA) is 72.2 Å². The minimum Gasteiger partial charge on any atom is -0.297 e. The molecule has 0 saturated heterocycles. The molecule has 0 unspecified atom stereocenters. The number of nitrogen functional groups attached to an aromatic ring is 1. The first-order valence-electron chi connectivity index (χ1n) is 2.84. The highest BCUT2D eigenvalue weighted by Gasteiger charge is 2.05. The van der Waals surface area contributed by atoms with Crippen molar-refractivity contribution in [3.63, 3.8) is 0 Å². The predicted octanol–water partition coefficient (Wildman–Crippen LogP) is 0.164. The van der Waals surface area contributed by atoms with Crippen LogP contribution in [0, 0.1) is 0 Å². The first-order chi connectivity index (χ1) is 5.27. The van der Waals surface area contributed by atoms with E-state index in [4.69, 9.17) is 5.84 Å². The lowest BCUT2D eigenvalue weighted by molar-refractivity contribution is 0.0957. The van der Waals surface area contributed by atoms with Crippen molar-refractivity contribution in [2.24, 2.45) is 5.84 Å². The first-order valence-corrected chi connectivity index (χ1v) is 3.65. The van der Waals surface area contributed by atoms with Crippen LogP contribution in [0.1, 0.15) is 19.3 Å². The quantitative estimate of drug-likeness (QED) is 0.287. The SMILES string of the molecule is NNC(=O)c1ccc(C=O)s1. The Morgan fingerprint density at radius 3 is 2.82 bits per heavy atom. The second-order valence-electron chi connectivity index (χ2n) is 1.79. The summed E-state index contributed by atoms with van der Waals surface area (Å²) in [6, 6.07) is 3.12. The zero-order chi connectivity index (χ0) is 8.27. The highest BCUT2D eigenvalue weighted by atomic mass is 32.1. The van der Waals surface area contributed by atoms with Crippen LogP contribution in [0.2, 0.25) is 0 Å². The van der Waals surface area contributed by atoms with Gasteiger partial charge in [-0.25, -0.2) is 5.84 Å². The number of hydrogen-bond donors (Lipinski definition) is 2. The molecule has 0 bridgehead atoms. The van der Waals surface area contributed by atoms with E-state index in [0.29, 0.717) is 16.0 Å². The van der Waals surface area contributed by atoms with Crippen molar-refractivity contribution in [1.82, 2.24) is 5.43 Å². The lowest BCUT2D eigenvalue weighted by atomic mass is 10.4. The van der Waals surface area contributed by atoms with E-state index in [1.54, 1.807) is 12.1 Å². The van der Waals surface area contributed by atoms with Gasteiger partial charge in [0.15, 0.2) is 6.29 Å². The lowest BCUT2D eigenvalue weighted by Crippen LogP contribution is -2.29. The van der Waals surface area contributed by atoms with Gasteiger partial charge in [0.1, 0.15) is 0 Å². The van der Waals surface area contributed by atoms with Gasteiger partial charge < -0.3 is 0 Å². The van der Waals surface area contributed by atoms with Crippen molar-refractivity contribution in [3.05, 3.63) is 21.9 Å². The summed E-state index contributed by atoms with van der Waals surface area (Å²) in [4.78, 5) is 21.9. The van der Waals surface area contributed by atoms with Crippen molar-refractivity contribution in [2.75, 3.05) is 0 Å². The molecule has 0 aliphatic carbocycles. The Bertz CT molecular complexity index is 282. The van der Waals surface area contributed by atoms with Gasteiger partial charge in [0.2, 0.25) is 0 Å². The Hall–Kier alpha value is -1.20. The molecule has 1 aromatic heterocycles. The summed E-state index contributed by atoms with van der Waals surface area (Å²) in [7, 11) is 0. The molecule has 1 aromatic rings. The summed E-state index contributed by atoms with van der Waals surface area (Å²) in [5.74, 6) is 4.50. The number of hydrazine groups is 1. The molecule has 3 N–H and O–H groups in total. The third-order valence-corrected chi connectivity index (χ3v) is 2.11. The maximum Gasteiger partial charge on any atom is 0.275 e. The normalized spacial score (nSPS) is 9.18. The van der Waals surface area contributed by atoms with Crippen LogP contribution < -0.4 is 11.3 Å². The Kier molecular flexibility index (Phi) is 2.35. The lowest BCUT2D eigenvalue weighted by Gasteiger charge is -1.90. The molecule has 58 valence electrons. The standard InChI is InChI=1S/C6H6N2O2S/c7-8-6(10)5-2-1-4(3-9)11-5/h1-3H,7H2,(H,8,10). The zero-order valence-electron chi connectivity index (χ0n) is 5.53. The van der Waals surface area contributed by atoms with Gasteiger partial charge in [0.05, 0.1) is 9.75 Å². The van der Waals surface area contributed by atoms with Crippen LogP contribution in [0.15, 0.2) is 12.1 Å². The van der Waals surface area contributed by atoms with Crippen molar-refractivity contribution in [1.29, 1.82) is 0 Å². The largest absolute Gasteiger partial charge is 0.297 e. The van der Waals surface area contributed by atoms with E-state index in [2.05, 4.69) is 0 Å². The smallest absolute Gasteiger partial charge is 0.275 e. The third kappa shape index (κ3) is 1.63. The predicted molar refractivity (Wildman–Crippen MR) is 41.4 cm³/mol. The highest BCUT2D eigenvalue weighted by molar-refractivity contribution is 7.15. The van der Waals surface area contributed by atoms with Gasteiger partial charge in [-0.3, -0.25) is 15.0 Å². The zero-order valence-corrected chi connectivity index (χ0v) is 6.35. The van der Waals surface area contributed by atoms with Gasteiger partial charge in [-0.05, 0) is 12.1 Å². The molecule has 0 atom stereocenters. The number of amides is 1. The van der Waals surface area contributed by atoms with Crippen LogP contribution in [-0.4, -0.2) is 12.2 Å². The molecular formula is C6H6N2O2S. The molecular weight excluding hydrogens is 164 g/mol. The molecule has 11 heavy (non-hydrogen) atoms. The van der Waals surface area contributed by atoms with Crippen molar-refractivity contribution in [3.8, 4) is 0 Å². The maximum absolute atomic E-state index is 10.8. The van der Waals surface area contributed by atoms with Crippen molar-refractivity contribution in [2.45, 2.75) is 0 Å². The number of rotatable bonds is 2. The molecule has 0 aliphatic rings. The monoisotopic (exact) mass is 170 g/mol. The van der Waals surface area contributed by atoms with Gasteiger partial charge in [0.25, 0.3) is 5.91 Å². The van der Waals surface area contributed by atoms with Crippen molar-refractivity contribution < 1.29 is 9.59 Å². The number of nitrogens with one attached hydrogen (secondary N) is 1. The second kappa shape index (κ2) is 3.27. The van der Waals surface area contributed by atoms with Gasteiger partial charge in [-0.2, -0.15) is 0 Å². The first kappa shape index (κ1) is 7.90. The minimum absolute atomic E-state index is 0.372. The van der Waals surface area contributed by atoms with Gasteiger partial charge in [-0.15, -0.1) is 11.3 Å². The van der Waals surface area contributed by atoms with E-state index in [0.717, 1.165) is 11.3 Å². The Balaban J connectivity index is 2.88. The summed E-state index contributed by atoms with van der Waals surface area (Å²) < 4.78 is 0. The average Bonchev–Trinajstić information content (AvgIpc) is 2.50. The molecule has 0 saturated carbocycles. The summed E-state index contributed by atoms with van der Waals surface area (Å²) in [6.07, 6.45) is 0.692. The molecule has 0 radical (unpaired) electrons. The van der Waals surface area contributed by atoms with Gasteiger partial charge in [-0.1, -0.05) is 0 Å². The Morgan fingerprint density at radius 1 is 1.64 bits per heavy atom.